The van der Waals surface area contributed by atoms with Gasteiger partial charge in [0.2, 0.25) is 0 Å². The molecule has 0 spiro atoms. The second kappa shape index (κ2) is 7.60. The molecule has 0 fully saturated rings. The molecule has 9 heteroatoms. The Morgan fingerprint density at radius 3 is 2.87 bits per heavy atom. The van der Waals surface area contributed by atoms with Crippen LogP contribution in [0, 0.1) is 5.82 Å². The molecule has 1 aromatic carbocycles. The molecule has 23 heavy (non-hydrogen) atoms. The Balaban J connectivity index is 2.01. The Labute approximate surface area is 144 Å². The number of esters is 1. The summed E-state index contributed by atoms with van der Waals surface area (Å²) in [4.78, 5) is 24.3. The van der Waals surface area contributed by atoms with Gasteiger partial charge in [-0.25, -0.2) is 9.18 Å². The van der Waals surface area contributed by atoms with Crippen molar-refractivity contribution in [3.05, 3.63) is 39.1 Å². The summed E-state index contributed by atoms with van der Waals surface area (Å²) < 4.78 is 23.0. The molecule has 2 aromatic rings. The summed E-state index contributed by atoms with van der Waals surface area (Å²) >= 11 is 4.04. The van der Waals surface area contributed by atoms with E-state index in [2.05, 4.69) is 30.8 Å². The number of nitrogens with zero attached hydrogens (tertiary/aromatic N) is 2. The second-order valence-electron chi connectivity index (χ2n) is 4.56. The molecule has 1 atom stereocenters. The first kappa shape index (κ1) is 17.5. The number of hydrogen-bond acceptors (Lipinski definition) is 6. The third kappa shape index (κ3) is 4.32. The fraction of sp³-hybridized carbons (Fsp3) is 0.286. The van der Waals surface area contributed by atoms with E-state index < -0.39 is 23.8 Å². The highest BCUT2D eigenvalue weighted by Crippen LogP contribution is 2.20. The third-order valence-corrected chi connectivity index (χ3v) is 4.16. The Morgan fingerprint density at radius 2 is 2.22 bits per heavy atom. The molecule has 122 valence electrons. The average molecular weight is 402 g/mol. The zero-order valence-corrected chi connectivity index (χ0v) is 14.7. The number of carbonyl (C=O) groups excluding carboxylic acids is 2. The van der Waals surface area contributed by atoms with E-state index in [0.717, 1.165) is 11.5 Å². The number of aryl methyl sites for hydroxylation is 1. The highest BCUT2D eigenvalue weighted by Gasteiger charge is 2.23. The van der Waals surface area contributed by atoms with E-state index in [1.165, 1.54) is 19.1 Å². The van der Waals surface area contributed by atoms with E-state index in [1.807, 2.05) is 6.92 Å². The van der Waals surface area contributed by atoms with Gasteiger partial charge >= 0.3 is 5.97 Å². The molecular weight excluding hydrogens is 389 g/mol. The number of carbonyl (C=O) groups is 2. The molecule has 6 nitrogen and oxygen atoms in total. The molecule has 1 aromatic heterocycles. The Morgan fingerprint density at radius 1 is 1.48 bits per heavy atom. The van der Waals surface area contributed by atoms with Gasteiger partial charge in [-0.05, 0) is 43.1 Å². The van der Waals surface area contributed by atoms with Gasteiger partial charge in [0.15, 0.2) is 11.0 Å². The lowest BCUT2D eigenvalue weighted by Gasteiger charge is -2.13. The number of halogens is 2. The second-order valence-corrected chi connectivity index (χ2v) is 6.23. The largest absolute Gasteiger partial charge is 0.448 e. The van der Waals surface area contributed by atoms with Gasteiger partial charge in [0.1, 0.15) is 5.82 Å². The Bertz CT molecular complexity index is 738. The number of anilines is 1. The predicted molar refractivity (Wildman–Crippen MR) is 86.9 cm³/mol. The summed E-state index contributed by atoms with van der Waals surface area (Å²) in [5.74, 6) is -1.89. The van der Waals surface area contributed by atoms with Crippen LogP contribution in [0.4, 0.5) is 10.1 Å². The summed E-state index contributed by atoms with van der Waals surface area (Å²) in [6.07, 6.45) is -0.552. The fourth-order valence-electron chi connectivity index (χ4n) is 1.69. The van der Waals surface area contributed by atoms with Gasteiger partial charge in [0.05, 0.1) is 11.4 Å². The van der Waals surface area contributed by atoms with Crippen LogP contribution in [0.25, 0.3) is 0 Å². The zero-order chi connectivity index (χ0) is 17.0. The molecule has 0 aliphatic carbocycles. The number of ether oxygens (including phenoxy) is 1. The van der Waals surface area contributed by atoms with Gasteiger partial charge in [0, 0.05) is 4.47 Å². The Hall–Kier alpha value is -1.87. The SMILES string of the molecule is CCc1nnsc1C(=O)O[C@@H](C)C(=O)Nc1ccc(Br)cc1F. The smallest absolute Gasteiger partial charge is 0.352 e. The average Bonchev–Trinajstić information content (AvgIpc) is 2.98. The van der Waals surface area contributed by atoms with Gasteiger partial charge in [-0.15, -0.1) is 5.10 Å². The number of amides is 1. The van der Waals surface area contributed by atoms with Gasteiger partial charge in [-0.2, -0.15) is 0 Å². The van der Waals surface area contributed by atoms with Crippen molar-refractivity contribution in [3.8, 4) is 0 Å². The van der Waals surface area contributed by atoms with Gasteiger partial charge in [0.25, 0.3) is 5.91 Å². The van der Waals surface area contributed by atoms with E-state index >= 15 is 0 Å². The lowest BCUT2D eigenvalue weighted by molar-refractivity contribution is -0.123. The van der Waals surface area contributed by atoms with Crippen LogP contribution in [-0.2, 0) is 16.0 Å². The van der Waals surface area contributed by atoms with Crippen molar-refractivity contribution in [2.24, 2.45) is 0 Å². The van der Waals surface area contributed by atoms with Crippen LogP contribution in [0.5, 0.6) is 0 Å². The monoisotopic (exact) mass is 401 g/mol. The summed E-state index contributed by atoms with van der Waals surface area (Å²) in [7, 11) is 0. The molecular formula is C14H13BrFN3O3S. The van der Waals surface area contributed by atoms with Crippen molar-refractivity contribution in [1.82, 2.24) is 9.59 Å². The fourth-order valence-corrected chi connectivity index (χ4v) is 2.66. The molecule has 1 N–H and O–H groups in total. The van der Waals surface area contributed by atoms with E-state index in [4.69, 9.17) is 4.74 Å². The molecule has 0 saturated carbocycles. The van der Waals surface area contributed by atoms with Crippen molar-refractivity contribution in [3.63, 3.8) is 0 Å². The number of benzene rings is 1. The number of aromatic nitrogens is 2. The molecule has 0 aliphatic heterocycles. The molecule has 1 heterocycles. The maximum Gasteiger partial charge on any atom is 0.352 e. The summed E-state index contributed by atoms with van der Waals surface area (Å²) in [6.45, 7) is 3.24. The van der Waals surface area contributed by atoms with Crippen LogP contribution >= 0.6 is 27.5 Å². The standard InChI is InChI=1S/C14H13BrFN3O3S/c1-3-10-12(23-19-18-10)14(21)22-7(2)13(20)17-11-5-4-8(15)6-9(11)16/h4-7H,3H2,1-2H3,(H,17,20)/t7-/m0/s1. The molecule has 1 amide bonds. The van der Waals surface area contributed by atoms with E-state index in [0.29, 0.717) is 16.6 Å². The van der Waals surface area contributed by atoms with Crippen molar-refractivity contribution in [2.45, 2.75) is 26.4 Å². The van der Waals surface area contributed by atoms with Gasteiger partial charge in [-0.3, -0.25) is 4.79 Å². The van der Waals surface area contributed by atoms with Crippen LogP contribution in [0.15, 0.2) is 22.7 Å². The van der Waals surface area contributed by atoms with E-state index in [9.17, 15) is 14.0 Å². The predicted octanol–water partition coefficient (Wildman–Crippen LogP) is 3.19. The lowest BCUT2D eigenvalue weighted by atomic mass is 10.2. The summed E-state index contributed by atoms with van der Waals surface area (Å²) in [5.41, 5.74) is 0.529. The molecule has 0 bridgehead atoms. The highest BCUT2D eigenvalue weighted by molar-refractivity contribution is 9.10. The van der Waals surface area contributed by atoms with Crippen molar-refractivity contribution >= 4 is 45.0 Å². The number of rotatable bonds is 5. The van der Waals surface area contributed by atoms with E-state index in [-0.39, 0.29) is 10.6 Å². The molecule has 0 radical (unpaired) electrons. The normalized spacial score (nSPS) is 11.8. The van der Waals surface area contributed by atoms with Crippen LogP contribution in [0.2, 0.25) is 0 Å². The van der Waals surface area contributed by atoms with Gasteiger partial charge < -0.3 is 10.1 Å². The van der Waals surface area contributed by atoms with Crippen LogP contribution in [-0.4, -0.2) is 27.6 Å². The maximum atomic E-state index is 13.7. The first-order chi connectivity index (χ1) is 10.9. The highest BCUT2D eigenvalue weighted by atomic mass is 79.9. The van der Waals surface area contributed by atoms with Crippen LogP contribution in [0.3, 0.4) is 0 Å². The minimum atomic E-state index is -1.09. The minimum Gasteiger partial charge on any atom is -0.448 e. The summed E-state index contributed by atoms with van der Waals surface area (Å²) in [6, 6.07) is 4.23. The molecule has 0 unspecified atom stereocenters. The molecule has 2 rings (SSSR count). The van der Waals surface area contributed by atoms with Crippen molar-refractivity contribution < 1.29 is 18.7 Å². The lowest BCUT2D eigenvalue weighted by Crippen LogP contribution is -2.30. The first-order valence-corrected chi connectivity index (χ1v) is 8.27. The maximum absolute atomic E-state index is 13.7. The molecule has 0 aliphatic rings. The first-order valence-electron chi connectivity index (χ1n) is 6.70. The third-order valence-electron chi connectivity index (χ3n) is 2.92. The Kier molecular flexibility index (Phi) is 5.78. The quantitative estimate of drug-likeness (QED) is 0.777. The van der Waals surface area contributed by atoms with Gasteiger partial charge in [-0.1, -0.05) is 27.3 Å². The zero-order valence-electron chi connectivity index (χ0n) is 12.3. The number of nitrogens with one attached hydrogen (secondary N) is 1. The minimum absolute atomic E-state index is 0.00908. The topological polar surface area (TPSA) is 81.2 Å². The van der Waals surface area contributed by atoms with Crippen molar-refractivity contribution in [1.29, 1.82) is 0 Å². The van der Waals surface area contributed by atoms with Crippen molar-refractivity contribution in [2.75, 3.05) is 5.32 Å². The molecule has 0 saturated heterocycles. The van der Waals surface area contributed by atoms with Crippen LogP contribution < -0.4 is 5.32 Å². The number of hydrogen-bond donors (Lipinski definition) is 1. The van der Waals surface area contributed by atoms with E-state index in [1.54, 1.807) is 6.07 Å². The van der Waals surface area contributed by atoms with Crippen LogP contribution in [0.1, 0.15) is 29.2 Å². The summed E-state index contributed by atoms with van der Waals surface area (Å²) in [5, 5.41) is 6.19.